The second-order valence-electron chi connectivity index (χ2n) is 8.03. The van der Waals surface area contributed by atoms with Gasteiger partial charge >= 0.3 is 0 Å². The van der Waals surface area contributed by atoms with Crippen LogP contribution in [0.3, 0.4) is 0 Å². The molecule has 0 saturated carbocycles. The normalized spacial score (nSPS) is 14.1. The van der Waals surface area contributed by atoms with Crippen molar-refractivity contribution in [1.82, 2.24) is 35.1 Å². The molecule has 1 saturated heterocycles. The number of piperazine rings is 1. The van der Waals surface area contributed by atoms with E-state index in [9.17, 15) is 9.59 Å². The van der Waals surface area contributed by atoms with Gasteiger partial charge in [0.05, 0.1) is 31.1 Å². The Hall–Kier alpha value is -3.79. The number of hydrogen-bond acceptors (Lipinski definition) is 7. The molecule has 0 bridgehead atoms. The third-order valence-electron chi connectivity index (χ3n) is 5.85. The Morgan fingerprint density at radius 3 is 2.44 bits per heavy atom. The number of nitrogens with zero attached hydrogens (tertiary/aromatic N) is 6. The Balaban J connectivity index is 1.32. The molecular weight excluding hydrogens is 434 g/mol. The van der Waals surface area contributed by atoms with Crippen LogP contribution in [0.5, 0.6) is 5.88 Å². The molecule has 3 aromatic rings. The predicted molar refractivity (Wildman–Crippen MR) is 126 cm³/mol. The van der Waals surface area contributed by atoms with Crippen LogP contribution in [0.2, 0.25) is 0 Å². The van der Waals surface area contributed by atoms with Gasteiger partial charge in [0.25, 0.3) is 5.91 Å². The molecule has 3 heterocycles. The fraction of sp³-hybridized carbons (Fsp3) is 0.375. The number of ether oxygens (including phenoxy) is 1. The number of carbonyl (C=O) groups excluding carboxylic acids is 2. The first-order valence-electron chi connectivity index (χ1n) is 11.4. The van der Waals surface area contributed by atoms with Crippen molar-refractivity contribution in [2.75, 3.05) is 39.8 Å². The fourth-order valence-corrected chi connectivity index (χ4v) is 3.96. The lowest BCUT2D eigenvalue weighted by Crippen LogP contribution is -2.51. The molecule has 4 rings (SSSR count). The first-order chi connectivity index (χ1) is 16.6. The van der Waals surface area contributed by atoms with Crippen molar-refractivity contribution in [3.63, 3.8) is 0 Å². The summed E-state index contributed by atoms with van der Waals surface area (Å²) in [6.45, 7) is 5.22. The highest BCUT2D eigenvalue weighted by Gasteiger charge is 2.27. The van der Waals surface area contributed by atoms with Crippen LogP contribution in [0, 0.1) is 0 Å². The summed E-state index contributed by atoms with van der Waals surface area (Å²) in [5.41, 5.74) is 2.42. The van der Waals surface area contributed by atoms with Crippen molar-refractivity contribution in [3.05, 3.63) is 65.5 Å². The summed E-state index contributed by atoms with van der Waals surface area (Å²) < 4.78 is 6.70. The maximum absolute atomic E-state index is 13.2. The van der Waals surface area contributed by atoms with Crippen LogP contribution in [0.25, 0.3) is 5.82 Å². The van der Waals surface area contributed by atoms with E-state index in [1.54, 1.807) is 23.0 Å². The van der Waals surface area contributed by atoms with Crippen molar-refractivity contribution < 1.29 is 14.3 Å². The quantitative estimate of drug-likeness (QED) is 0.537. The van der Waals surface area contributed by atoms with Crippen molar-refractivity contribution in [3.8, 4) is 11.7 Å². The number of benzene rings is 1. The van der Waals surface area contributed by atoms with Gasteiger partial charge in [-0.15, -0.1) is 10.2 Å². The van der Waals surface area contributed by atoms with Crippen LogP contribution in [-0.2, 0) is 17.8 Å². The van der Waals surface area contributed by atoms with Gasteiger partial charge in [0.1, 0.15) is 0 Å². The lowest BCUT2D eigenvalue weighted by atomic mass is 10.1. The zero-order valence-corrected chi connectivity index (χ0v) is 19.5. The first-order valence-corrected chi connectivity index (χ1v) is 11.4. The third kappa shape index (κ3) is 5.40. The van der Waals surface area contributed by atoms with Gasteiger partial charge in [-0.1, -0.05) is 37.3 Å². The zero-order valence-electron chi connectivity index (χ0n) is 19.5. The van der Waals surface area contributed by atoms with E-state index in [1.807, 2.05) is 42.2 Å². The summed E-state index contributed by atoms with van der Waals surface area (Å²) in [7, 11) is 1.53. The smallest absolute Gasteiger partial charge is 0.257 e. The van der Waals surface area contributed by atoms with Crippen LogP contribution >= 0.6 is 0 Å². The number of nitrogens with one attached hydrogen (secondary N) is 1. The molecule has 0 aliphatic carbocycles. The van der Waals surface area contributed by atoms with Gasteiger partial charge in [-0.25, -0.2) is 4.68 Å². The zero-order chi connectivity index (χ0) is 23.9. The topological polar surface area (TPSA) is 105 Å². The Labute approximate surface area is 198 Å². The van der Waals surface area contributed by atoms with Crippen LogP contribution in [-0.4, -0.2) is 81.4 Å². The molecule has 1 aromatic carbocycles. The average Bonchev–Trinajstić information content (AvgIpc) is 3.32. The largest absolute Gasteiger partial charge is 0.480 e. The van der Waals surface area contributed by atoms with E-state index >= 15 is 0 Å². The summed E-state index contributed by atoms with van der Waals surface area (Å²) in [6, 6.07) is 13.3. The molecule has 0 atom stereocenters. The second kappa shape index (κ2) is 10.9. The molecule has 34 heavy (non-hydrogen) atoms. The molecular formula is C24H29N7O3. The van der Waals surface area contributed by atoms with Gasteiger partial charge in [0.2, 0.25) is 11.8 Å². The average molecular weight is 464 g/mol. The highest BCUT2D eigenvalue weighted by atomic mass is 16.5. The van der Waals surface area contributed by atoms with Crippen molar-refractivity contribution in [2.24, 2.45) is 0 Å². The van der Waals surface area contributed by atoms with Crippen LogP contribution in [0.1, 0.15) is 28.5 Å². The van der Waals surface area contributed by atoms with Crippen molar-refractivity contribution >= 4 is 11.8 Å². The van der Waals surface area contributed by atoms with E-state index in [-0.39, 0.29) is 11.8 Å². The van der Waals surface area contributed by atoms with Gasteiger partial charge in [0, 0.05) is 38.8 Å². The van der Waals surface area contributed by atoms with E-state index in [1.165, 1.54) is 7.11 Å². The van der Waals surface area contributed by atoms with Gasteiger partial charge in [-0.2, -0.15) is 5.10 Å². The minimum Gasteiger partial charge on any atom is -0.480 e. The summed E-state index contributed by atoms with van der Waals surface area (Å²) in [5.74, 6) is 0.872. The maximum atomic E-state index is 13.2. The molecule has 0 spiro atoms. The molecule has 10 heteroatoms. The lowest BCUT2D eigenvalue weighted by Gasteiger charge is -2.34. The maximum Gasteiger partial charge on any atom is 0.257 e. The number of carbonyl (C=O) groups is 2. The van der Waals surface area contributed by atoms with Crippen LogP contribution in [0.4, 0.5) is 0 Å². The molecule has 1 aliphatic rings. The summed E-state index contributed by atoms with van der Waals surface area (Å²) in [4.78, 5) is 29.4. The van der Waals surface area contributed by atoms with Crippen LogP contribution in [0.15, 0.2) is 48.7 Å². The Bertz CT molecular complexity index is 1110. The summed E-state index contributed by atoms with van der Waals surface area (Å²) in [5, 5.41) is 15.5. The molecule has 2 amide bonds. The van der Waals surface area contributed by atoms with Gasteiger partial charge in [-0.05, 0) is 18.1 Å². The van der Waals surface area contributed by atoms with Crippen LogP contribution < -0.4 is 10.1 Å². The SMILES string of the molecule is CCc1c(C(=O)N2CCN(CC(=O)NCc3ccccc3)CC2)cnn1-c1ccc(OC)nn1. The van der Waals surface area contributed by atoms with Gasteiger partial charge in [-0.3, -0.25) is 14.5 Å². The standard InChI is InChI=1S/C24H29N7O3/c1-3-20-19(16-26-31(20)21-9-10-23(34-2)28-27-21)24(33)30-13-11-29(12-14-30)17-22(32)25-15-18-7-5-4-6-8-18/h4-10,16H,3,11-15,17H2,1-2H3,(H,25,32). The Morgan fingerprint density at radius 1 is 1.03 bits per heavy atom. The van der Waals surface area contributed by atoms with Crippen molar-refractivity contribution in [1.29, 1.82) is 0 Å². The monoisotopic (exact) mass is 463 g/mol. The van der Waals surface area contributed by atoms with E-state index < -0.39 is 0 Å². The predicted octanol–water partition coefficient (Wildman–Crippen LogP) is 1.31. The summed E-state index contributed by atoms with van der Waals surface area (Å²) >= 11 is 0. The number of aromatic nitrogens is 4. The number of rotatable bonds is 8. The van der Waals surface area contributed by atoms with E-state index in [2.05, 4.69) is 25.5 Å². The van der Waals surface area contributed by atoms with Gasteiger partial charge < -0.3 is 15.0 Å². The fourth-order valence-electron chi connectivity index (χ4n) is 3.96. The minimum atomic E-state index is -0.0576. The van der Waals surface area contributed by atoms with E-state index in [4.69, 9.17) is 4.74 Å². The number of methoxy groups -OCH3 is 1. The van der Waals surface area contributed by atoms with Gasteiger partial charge in [0.15, 0.2) is 5.82 Å². The highest BCUT2D eigenvalue weighted by Crippen LogP contribution is 2.18. The minimum absolute atomic E-state index is 0.0150. The molecule has 178 valence electrons. The van der Waals surface area contributed by atoms with E-state index in [0.717, 1.165) is 11.3 Å². The Kier molecular flexibility index (Phi) is 7.48. The van der Waals surface area contributed by atoms with E-state index in [0.29, 0.717) is 63.0 Å². The number of hydrogen-bond donors (Lipinski definition) is 1. The highest BCUT2D eigenvalue weighted by molar-refractivity contribution is 5.95. The lowest BCUT2D eigenvalue weighted by molar-refractivity contribution is -0.122. The summed E-state index contributed by atoms with van der Waals surface area (Å²) in [6.07, 6.45) is 2.22. The molecule has 2 aromatic heterocycles. The molecule has 10 nitrogen and oxygen atoms in total. The molecule has 1 fully saturated rings. The molecule has 1 N–H and O–H groups in total. The van der Waals surface area contributed by atoms with Crippen molar-refractivity contribution in [2.45, 2.75) is 19.9 Å². The third-order valence-corrected chi connectivity index (χ3v) is 5.85. The molecule has 0 unspecified atom stereocenters. The second-order valence-corrected chi connectivity index (χ2v) is 8.03. The molecule has 1 aliphatic heterocycles. The first kappa shape index (κ1) is 23.4. The Morgan fingerprint density at radius 2 is 1.79 bits per heavy atom. The number of amides is 2. The molecule has 0 radical (unpaired) electrons.